The molecule has 1 aromatic carbocycles. The molecule has 0 aliphatic carbocycles. The molecule has 0 unspecified atom stereocenters. The Morgan fingerprint density at radius 2 is 2.00 bits per heavy atom. The number of halogens is 1. The standard InChI is InChI=1S/C10H8FNO2S/c11-8-3-1-2-7(4-8)9-5-12-6-10(9)15(13)14/h1-6,12,15H. The fourth-order valence-electron chi connectivity index (χ4n) is 1.39. The van der Waals surface area contributed by atoms with Gasteiger partial charge in [-0.25, -0.2) is 12.8 Å². The highest BCUT2D eigenvalue weighted by Gasteiger charge is 2.08. The first-order valence-corrected chi connectivity index (χ1v) is 5.43. The third-order valence-electron chi connectivity index (χ3n) is 2.06. The Labute approximate surface area is 87.5 Å². The van der Waals surface area contributed by atoms with Gasteiger partial charge in [-0.1, -0.05) is 12.1 Å². The molecule has 0 saturated carbocycles. The molecule has 1 N–H and O–H groups in total. The molecule has 0 saturated heterocycles. The lowest BCUT2D eigenvalue weighted by Gasteiger charge is -1.98. The van der Waals surface area contributed by atoms with Crippen LogP contribution >= 0.6 is 0 Å². The molecule has 0 aliphatic rings. The van der Waals surface area contributed by atoms with E-state index in [-0.39, 0.29) is 10.7 Å². The SMILES string of the molecule is O=[SH](=O)c1c[nH]cc1-c1cccc(F)c1. The second-order valence-corrected chi connectivity index (χ2v) is 4.02. The van der Waals surface area contributed by atoms with Crippen LogP contribution in [0.3, 0.4) is 0 Å². The van der Waals surface area contributed by atoms with Crippen molar-refractivity contribution >= 4 is 10.7 Å². The van der Waals surface area contributed by atoms with Crippen LogP contribution in [0.5, 0.6) is 0 Å². The van der Waals surface area contributed by atoms with E-state index in [9.17, 15) is 12.8 Å². The maximum atomic E-state index is 12.9. The van der Waals surface area contributed by atoms with Gasteiger partial charge in [-0.3, -0.25) is 0 Å². The molecular formula is C10H8FNO2S. The highest BCUT2D eigenvalue weighted by atomic mass is 32.2. The summed E-state index contributed by atoms with van der Waals surface area (Å²) in [6.45, 7) is 0. The van der Waals surface area contributed by atoms with E-state index in [0.29, 0.717) is 11.1 Å². The second-order valence-electron chi connectivity index (χ2n) is 3.02. The Kier molecular flexibility index (Phi) is 2.55. The Bertz CT molecular complexity index is 552. The number of hydrogen-bond donors (Lipinski definition) is 2. The summed E-state index contributed by atoms with van der Waals surface area (Å²) in [7, 11) is -2.67. The predicted octanol–water partition coefficient (Wildman–Crippen LogP) is 1.79. The average molecular weight is 225 g/mol. The van der Waals surface area contributed by atoms with Crippen LogP contribution in [0, 0.1) is 5.82 Å². The highest BCUT2D eigenvalue weighted by molar-refractivity contribution is 7.72. The fraction of sp³-hybridized carbons (Fsp3) is 0. The molecule has 3 nitrogen and oxygen atoms in total. The van der Waals surface area contributed by atoms with Gasteiger partial charge in [-0.05, 0) is 17.7 Å². The molecule has 2 rings (SSSR count). The lowest BCUT2D eigenvalue weighted by Crippen LogP contribution is -1.83. The zero-order valence-corrected chi connectivity index (χ0v) is 8.50. The fourth-order valence-corrected chi connectivity index (χ4v) is 1.96. The number of nitrogens with one attached hydrogen (secondary N) is 1. The first-order chi connectivity index (χ1) is 7.18. The first-order valence-electron chi connectivity index (χ1n) is 4.25. The van der Waals surface area contributed by atoms with Gasteiger partial charge in [0.2, 0.25) is 0 Å². The van der Waals surface area contributed by atoms with Gasteiger partial charge < -0.3 is 4.98 Å². The molecule has 2 aromatic rings. The van der Waals surface area contributed by atoms with Crippen molar-refractivity contribution in [2.24, 2.45) is 0 Å². The summed E-state index contributed by atoms with van der Waals surface area (Å²) < 4.78 is 34.7. The van der Waals surface area contributed by atoms with Gasteiger partial charge in [0.1, 0.15) is 5.82 Å². The van der Waals surface area contributed by atoms with Crippen LogP contribution in [-0.4, -0.2) is 13.4 Å². The molecule has 1 heterocycles. The monoisotopic (exact) mass is 225 g/mol. The Balaban J connectivity index is 2.59. The van der Waals surface area contributed by atoms with Crippen molar-refractivity contribution < 1.29 is 12.8 Å². The van der Waals surface area contributed by atoms with Crippen LogP contribution < -0.4 is 0 Å². The summed E-state index contributed by atoms with van der Waals surface area (Å²) in [6.07, 6.45) is 2.92. The number of benzene rings is 1. The molecule has 0 bridgehead atoms. The van der Waals surface area contributed by atoms with Crippen molar-refractivity contribution in [1.82, 2.24) is 4.98 Å². The van der Waals surface area contributed by atoms with E-state index >= 15 is 0 Å². The lowest BCUT2D eigenvalue weighted by molar-refractivity contribution is 0.614. The molecule has 0 radical (unpaired) electrons. The summed E-state index contributed by atoms with van der Waals surface area (Å²) in [5.74, 6) is -0.388. The van der Waals surface area contributed by atoms with Gasteiger partial charge in [0.25, 0.3) is 0 Å². The maximum Gasteiger partial charge on any atom is 0.170 e. The summed E-state index contributed by atoms with van der Waals surface area (Å²) in [5, 5.41) is 0. The van der Waals surface area contributed by atoms with Gasteiger partial charge in [-0.2, -0.15) is 0 Å². The minimum absolute atomic E-state index is 0.176. The molecule has 0 atom stereocenters. The third kappa shape index (κ3) is 1.92. The molecule has 0 fully saturated rings. The van der Waals surface area contributed by atoms with Crippen molar-refractivity contribution in [2.75, 3.05) is 0 Å². The van der Waals surface area contributed by atoms with Crippen molar-refractivity contribution in [3.05, 3.63) is 42.5 Å². The van der Waals surface area contributed by atoms with Crippen LogP contribution in [0.1, 0.15) is 0 Å². The Morgan fingerprint density at radius 3 is 2.67 bits per heavy atom. The molecule has 0 aliphatic heterocycles. The minimum atomic E-state index is -2.67. The lowest BCUT2D eigenvalue weighted by atomic mass is 10.1. The predicted molar refractivity (Wildman–Crippen MR) is 54.8 cm³/mol. The first kappa shape index (κ1) is 9.92. The zero-order valence-electron chi connectivity index (χ0n) is 7.61. The van der Waals surface area contributed by atoms with Crippen LogP contribution in [-0.2, 0) is 10.7 Å². The highest BCUT2D eigenvalue weighted by Crippen LogP contribution is 2.24. The number of rotatable bonds is 2. The zero-order chi connectivity index (χ0) is 10.8. The molecule has 1 aromatic heterocycles. The van der Waals surface area contributed by atoms with Crippen molar-refractivity contribution in [1.29, 1.82) is 0 Å². The van der Waals surface area contributed by atoms with Crippen molar-refractivity contribution in [3.63, 3.8) is 0 Å². The number of aromatic amines is 1. The molecule has 5 heteroatoms. The van der Waals surface area contributed by atoms with E-state index in [1.54, 1.807) is 12.1 Å². The van der Waals surface area contributed by atoms with Crippen LogP contribution in [0.15, 0.2) is 41.6 Å². The van der Waals surface area contributed by atoms with E-state index in [1.807, 2.05) is 0 Å². The quantitative estimate of drug-likeness (QED) is 0.765. The Hall–Kier alpha value is -1.62. The van der Waals surface area contributed by atoms with Crippen molar-refractivity contribution in [3.8, 4) is 11.1 Å². The van der Waals surface area contributed by atoms with Gasteiger partial charge >= 0.3 is 0 Å². The normalized spacial score (nSPS) is 10.8. The van der Waals surface area contributed by atoms with Gasteiger partial charge in [0.05, 0.1) is 4.90 Å². The summed E-state index contributed by atoms with van der Waals surface area (Å²) in [4.78, 5) is 2.87. The maximum absolute atomic E-state index is 12.9. The number of hydrogen-bond acceptors (Lipinski definition) is 2. The van der Waals surface area contributed by atoms with Gasteiger partial charge in [0, 0.05) is 18.0 Å². The van der Waals surface area contributed by atoms with Gasteiger partial charge in [-0.15, -0.1) is 0 Å². The van der Waals surface area contributed by atoms with Gasteiger partial charge in [0.15, 0.2) is 10.7 Å². The van der Waals surface area contributed by atoms with Crippen molar-refractivity contribution in [2.45, 2.75) is 4.90 Å². The number of aromatic nitrogens is 1. The largest absolute Gasteiger partial charge is 0.366 e. The number of thiol groups is 1. The molecule has 78 valence electrons. The molecular weight excluding hydrogens is 217 g/mol. The van der Waals surface area contributed by atoms with Crippen LogP contribution in [0.2, 0.25) is 0 Å². The third-order valence-corrected chi connectivity index (χ3v) is 2.82. The topological polar surface area (TPSA) is 49.9 Å². The summed E-state index contributed by atoms with van der Waals surface area (Å²) in [5.41, 5.74) is 1.04. The smallest absolute Gasteiger partial charge is 0.170 e. The molecule has 0 amide bonds. The minimum Gasteiger partial charge on any atom is -0.366 e. The number of H-pyrrole nitrogens is 1. The summed E-state index contributed by atoms with van der Waals surface area (Å²) in [6, 6.07) is 5.81. The molecule has 15 heavy (non-hydrogen) atoms. The summed E-state index contributed by atoms with van der Waals surface area (Å²) >= 11 is 0. The van der Waals surface area contributed by atoms with E-state index in [4.69, 9.17) is 0 Å². The van der Waals surface area contributed by atoms with Crippen LogP contribution in [0.25, 0.3) is 11.1 Å². The van der Waals surface area contributed by atoms with Crippen LogP contribution in [0.4, 0.5) is 4.39 Å². The van der Waals surface area contributed by atoms with E-state index in [0.717, 1.165) is 0 Å². The Morgan fingerprint density at radius 1 is 1.20 bits per heavy atom. The second kappa shape index (κ2) is 3.86. The van der Waals surface area contributed by atoms with E-state index in [1.165, 1.54) is 24.5 Å². The van der Waals surface area contributed by atoms with E-state index < -0.39 is 10.7 Å². The van der Waals surface area contributed by atoms with E-state index in [2.05, 4.69) is 4.98 Å². The average Bonchev–Trinajstić information content (AvgIpc) is 2.65. The molecule has 0 spiro atoms.